The molecule has 0 aliphatic heterocycles. The van der Waals surface area contributed by atoms with Crippen molar-refractivity contribution in [3.8, 4) is 11.5 Å². The molecule has 1 atom stereocenters. The van der Waals surface area contributed by atoms with Gasteiger partial charge in [0.05, 0.1) is 14.2 Å². The van der Waals surface area contributed by atoms with Crippen LogP contribution in [0.15, 0.2) is 48.5 Å². The first-order valence-electron chi connectivity index (χ1n) is 7.08. The first kappa shape index (κ1) is 15.4. The highest BCUT2D eigenvalue weighted by molar-refractivity contribution is 5.35. The Balaban J connectivity index is 2.10. The lowest BCUT2D eigenvalue weighted by Crippen LogP contribution is -2.41. The van der Waals surface area contributed by atoms with Gasteiger partial charge in [0.2, 0.25) is 0 Å². The summed E-state index contributed by atoms with van der Waals surface area (Å²) in [5.74, 6) is 1.76. The van der Waals surface area contributed by atoms with E-state index in [0.717, 1.165) is 29.9 Å². The zero-order valence-electron chi connectivity index (χ0n) is 12.9. The summed E-state index contributed by atoms with van der Waals surface area (Å²) in [5.41, 5.74) is 8.50. The molecule has 0 aliphatic carbocycles. The Morgan fingerprint density at radius 2 is 1.57 bits per heavy atom. The minimum Gasteiger partial charge on any atom is -0.497 e. The number of hydrogen-bond donors (Lipinski definition) is 1. The fourth-order valence-electron chi connectivity index (χ4n) is 2.56. The highest BCUT2D eigenvalue weighted by Gasteiger charge is 2.21. The summed E-state index contributed by atoms with van der Waals surface area (Å²) < 4.78 is 10.6. The lowest BCUT2D eigenvalue weighted by molar-refractivity contribution is 0.396. The van der Waals surface area contributed by atoms with Gasteiger partial charge in [0.15, 0.2) is 0 Å². The normalized spacial score (nSPS) is 13.5. The summed E-state index contributed by atoms with van der Waals surface area (Å²) in [6.45, 7) is 2.07. The van der Waals surface area contributed by atoms with Gasteiger partial charge in [0.1, 0.15) is 11.5 Å². The van der Waals surface area contributed by atoms with Crippen molar-refractivity contribution in [2.24, 2.45) is 5.73 Å². The Labute approximate surface area is 126 Å². The van der Waals surface area contributed by atoms with Gasteiger partial charge in [0, 0.05) is 5.54 Å². The predicted octanol–water partition coefficient (Wildman–Crippen LogP) is 3.21. The van der Waals surface area contributed by atoms with Crippen molar-refractivity contribution in [3.63, 3.8) is 0 Å². The van der Waals surface area contributed by atoms with Crippen LogP contribution in [0, 0.1) is 0 Å². The molecule has 2 aromatic carbocycles. The standard InChI is InChI=1S/C18H23NO2/c1-18(19,12-14-8-10-16(20-2)11-9-14)13-15-6-4-5-7-17(15)21-3/h4-11H,12-13,19H2,1-3H3. The van der Waals surface area contributed by atoms with Gasteiger partial charge in [-0.3, -0.25) is 0 Å². The van der Waals surface area contributed by atoms with Crippen LogP contribution in [0.3, 0.4) is 0 Å². The highest BCUT2D eigenvalue weighted by atomic mass is 16.5. The van der Waals surface area contributed by atoms with Crippen molar-refractivity contribution in [1.82, 2.24) is 0 Å². The van der Waals surface area contributed by atoms with E-state index >= 15 is 0 Å². The van der Waals surface area contributed by atoms with Gasteiger partial charge in [-0.25, -0.2) is 0 Å². The lowest BCUT2D eigenvalue weighted by atomic mass is 9.87. The van der Waals surface area contributed by atoms with Gasteiger partial charge in [-0.1, -0.05) is 30.3 Å². The van der Waals surface area contributed by atoms with Crippen LogP contribution in [0.2, 0.25) is 0 Å². The molecule has 112 valence electrons. The van der Waals surface area contributed by atoms with E-state index in [-0.39, 0.29) is 5.54 Å². The van der Waals surface area contributed by atoms with Crippen molar-refractivity contribution in [3.05, 3.63) is 59.7 Å². The lowest BCUT2D eigenvalue weighted by Gasteiger charge is -2.26. The molecule has 21 heavy (non-hydrogen) atoms. The molecule has 3 nitrogen and oxygen atoms in total. The summed E-state index contributed by atoms with van der Waals surface area (Å²) in [4.78, 5) is 0. The number of ether oxygens (including phenoxy) is 2. The average molecular weight is 285 g/mol. The summed E-state index contributed by atoms with van der Waals surface area (Å²) in [6, 6.07) is 16.1. The van der Waals surface area contributed by atoms with Crippen molar-refractivity contribution in [2.45, 2.75) is 25.3 Å². The van der Waals surface area contributed by atoms with Gasteiger partial charge in [0.25, 0.3) is 0 Å². The molecular formula is C18H23NO2. The van der Waals surface area contributed by atoms with Crippen LogP contribution < -0.4 is 15.2 Å². The van der Waals surface area contributed by atoms with E-state index in [1.54, 1.807) is 14.2 Å². The third-order valence-electron chi connectivity index (χ3n) is 3.55. The first-order valence-corrected chi connectivity index (χ1v) is 7.08. The zero-order chi connectivity index (χ0) is 15.3. The molecule has 0 heterocycles. The molecule has 0 aliphatic rings. The first-order chi connectivity index (χ1) is 10.0. The largest absolute Gasteiger partial charge is 0.497 e. The van der Waals surface area contributed by atoms with E-state index in [1.807, 2.05) is 30.3 Å². The number of hydrogen-bond acceptors (Lipinski definition) is 3. The molecule has 0 aromatic heterocycles. The Kier molecular flexibility index (Phi) is 4.86. The predicted molar refractivity (Wildman–Crippen MR) is 86.0 cm³/mol. The molecular weight excluding hydrogens is 262 g/mol. The second-order valence-corrected chi connectivity index (χ2v) is 5.67. The fourth-order valence-corrected chi connectivity index (χ4v) is 2.56. The molecule has 1 unspecified atom stereocenters. The summed E-state index contributed by atoms with van der Waals surface area (Å²) in [6.07, 6.45) is 1.57. The maximum absolute atomic E-state index is 6.49. The van der Waals surface area contributed by atoms with Crippen LogP contribution in [0.25, 0.3) is 0 Å². The van der Waals surface area contributed by atoms with Crippen LogP contribution in [-0.4, -0.2) is 19.8 Å². The Bertz CT molecular complexity index is 576. The van der Waals surface area contributed by atoms with Crippen molar-refractivity contribution < 1.29 is 9.47 Å². The highest BCUT2D eigenvalue weighted by Crippen LogP contribution is 2.24. The molecule has 0 radical (unpaired) electrons. The van der Waals surface area contributed by atoms with Crippen LogP contribution in [0.1, 0.15) is 18.1 Å². The zero-order valence-corrected chi connectivity index (χ0v) is 12.9. The van der Waals surface area contributed by atoms with Crippen LogP contribution in [0.4, 0.5) is 0 Å². The quantitative estimate of drug-likeness (QED) is 0.886. The van der Waals surface area contributed by atoms with Gasteiger partial charge < -0.3 is 15.2 Å². The molecule has 0 saturated heterocycles. The van der Waals surface area contributed by atoms with E-state index < -0.39 is 0 Å². The molecule has 0 bridgehead atoms. The smallest absolute Gasteiger partial charge is 0.122 e. The topological polar surface area (TPSA) is 44.5 Å². The fraction of sp³-hybridized carbons (Fsp3) is 0.333. The van der Waals surface area contributed by atoms with Crippen LogP contribution in [-0.2, 0) is 12.8 Å². The molecule has 2 N–H and O–H groups in total. The van der Waals surface area contributed by atoms with Gasteiger partial charge >= 0.3 is 0 Å². The van der Waals surface area contributed by atoms with E-state index in [4.69, 9.17) is 15.2 Å². The number of rotatable bonds is 6. The number of nitrogens with two attached hydrogens (primary N) is 1. The van der Waals surface area contributed by atoms with Crippen molar-refractivity contribution in [1.29, 1.82) is 0 Å². The average Bonchev–Trinajstić information content (AvgIpc) is 2.47. The monoisotopic (exact) mass is 285 g/mol. The number of para-hydroxylation sites is 1. The van der Waals surface area contributed by atoms with Crippen LogP contribution >= 0.6 is 0 Å². The van der Waals surface area contributed by atoms with E-state index in [2.05, 4.69) is 25.1 Å². The minimum absolute atomic E-state index is 0.330. The van der Waals surface area contributed by atoms with E-state index in [0.29, 0.717) is 0 Å². The maximum atomic E-state index is 6.49. The second kappa shape index (κ2) is 6.64. The van der Waals surface area contributed by atoms with E-state index in [9.17, 15) is 0 Å². The van der Waals surface area contributed by atoms with Gasteiger partial charge in [-0.15, -0.1) is 0 Å². The Hall–Kier alpha value is -2.00. The van der Waals surface area contributed by atoms with Crippen LogP contribution in [0.5, 0.6) is 11.5 Å². The van der Waals surface area contributed by atoms with E-state index in [1.165, 1.54) is 5.56 Å². The van der Waals surface area contributed by atoms with Crippen molar-refractivity contribution >= 4 is 0 Å². The molecule has 3 heteroatoms. The molecule has 0 saturated carbocycles. The summed E-state index contributed by atoms with van der Waals surface area (Å²) in [5, 5.41) is 0. The number of benzene rings is 2. The van der Waals surface area contributed by atoms with Gasteiger partial charge in [-0.05, 0) is 49.1 Å². The minimum atomic E-state index is -0.330. The molecule has 2 aromatic rings. The molecule has 0 spiro atoms. The summed E-state index contributed by atoms with van der Waals surface area (Å²) in [7, 11) is 3.36. The molecule has 0 fully saturated rings. The van der Waals surface area contributed by atoms with Gasteiger partial charge in [-0.2, -0.15) is 0 Å². The summed E-state index contributed by atoms with van der Waals surface area (Å²) >= 11 is 0. The number of methoxy groups -OCH3 is 2. The Morgan fingerprint density at radius 3 is 2.19 bits per heavy atom. The Morgan fingerprint density at radius 1 is 0.905 bits per heavy atom. The second-order valence-electron chi connectivity index (χ2n) is 5.67. The third kappa shape index (κ3) is 4.23. The third-order valence-corrected chi connectivity index (χ3v) is 3.55. The van der Waals surface area contributed by atoms with Crippen molar-refractivity contribution in [2.75, 3.05) is 14.2 Å². The SMILES string of the molecule is COc1ccc(CC(C)(N)Cc2ccccc2OC)cc1. The molecule has 0 amide bonds. The maximum Gasteiger partial charge on any atom is 0.122 e. The molecule has 2 rings (SSSR count).